The number of carbonyl (C=O) groups excluding carboxylic acids is 3. The quantitative estimate of drug-likeness (QED) is 0.484. The van der Waals surface area contributed by atoms with E-state index in [1.165, 1.54) is 5.69 Å². The van der Waals surface area contributed by atoms with Crippen molar-refractivity contribution in [2.24, 2.45) is 5.73 Å². The number of ether oxygens (including phenoxy) is 1. The summed E-state index contributed by atoms with van der Waals surface area (Å²) in [5, 5.41) is 2.83. The Morgan fingerprint density at radius 1 is 0.861 bits per heavy atom. The highest BCUT2D eigenvalue weighted by molar-refractivity contribution is 5.95. The van der Waals surface area contributed by atoms with Crippen LogP contribution in [0.15, 0.2) is 78.9 Å². The topological polar surface area (TPSA) is 105 Å². The molecule has 1 aliphatic rings. The van der Waals surface area contributed by atoms with E-state index in [1.807, 2.05) is 29.2 Å². The van der Waals surface area contributed by atoms with E-state index in [0.717, 1.165) is 18.7 Å². The fourth-order valence-corrected chi connectivity index (χ4v) is 4.16. The average Bonchev–Trinajstić information content (AvgIpc) is 2.92. The summed E-state index contributed by atoms with van der Waals surface area (Å²) in [6.07, 6.45) is 0.254. The third-order valence-electron chi connectivity index (χ3n) is 6.11. The highest BCUT2D eigenvalue weighted by Crippen LogP contribution is 2.19. The van der Waals surface area contributed by atoms with E-state index in [9.17, 15) is 14.4 Å². The Bertz CT molecular complexity index is 1210. The number of carbonyl (C=O) groups is 3. The molecule has 36 heavy (non-hydrogen) atoms. The van der Waals surface area contributed by atoms with Crippen molar-refractivity contribution < 1.29 is 19.1 Å². The van der Waals surface area contributed by atoms with E-state index >= 15 is 0 Å². The van der Waals surface area contributed by atoms with E-state index in [2.05, 4.69) is 22.3 Å². The first-order valence-corrected chi connectivity index (χ1v) is 12.0. The van der Waals surface area contributed by atoms with Gasteiger partial charge in [-0.2, -0.15) is 0 Å². The molecule has 8 nitrogen and oxygen atoms in total. The minimum Gasteiger partial charge on any atom is -0.488 e. The maximum atomic E-state index is 12.6. The summed E-state index contributed by atoms with van der Waals surface area (Å²) >= 11 is 0. The first kappa shape index (κ1) is 24.8. The normalized spacial score (nSPS) is 13.2. The van der Waals surface area contributed by atoms with Crippen molar-refractivity contribution in [3.8, 4) is 5.75 Å². The molecule has 186 valence electrons. The van der Waals surface area contributed by atoms with Gasteiger partial charge in [-0.15, -0.1) is 0 Å². The number of rotatable bonds is 9. The molecule has 0 bridgehead atoms. The Labute approximate surface area is 210 Å². The second kappa shape index (κ2) is 11.9. The zero-order valence-electron chi connectivity index (χ0n) is 20.1. The summed E-state index contributed by atoms with van der Waals surface area (Å²) < 4.78 is 5.75. The molecule has 0 aliphatic carbocycles. The molecule has 1 aliphatic heterocycles. The van der Waals surface area contributed by atoms with Crippen molar-refractivity contribution >= 4 is 23.4 Å². The number of nitrogens with one attached hydrogen (secondary N) is 1. The third kappa shape index (κ3) is 6.41. The molecular formula is C28H30N4O4. The molecule has 0 radical (unpaired) electrons. The fourth-order valence-electron chi connectivity index (χ4n) is 4.16. The number of benzene rings is 3. The Morgan fingerprint density at radius 3 is 2.33 bits per heavy atom. The summed E-state index contributed by atoms with van der Waals surface area (Å²) in [7, 11) is 0. The molecule has 0 aromatic heterocycles. The highest BCUT2D eigenvalue weighted by Gasteiger charge is 2.21. The van der Waals surface area contributed by atoms with Gasteiger partial charge < -0.3 is 25.6 Å². The van der Waals surface area contributed by atoms with E-state index in [1.54, 1.807) is 42.5 Å². The average molecular weight is 487 g/mol. The van der Waals surface area contributed by atoms with Gasteiger partial charge in [-0.25, -0.2) is 0 Å². The molecule has 1 fully saturated rings. The van der Waals surface area contributed by atoms with E-state index < -0.39 is 5.91 Å². The first-order chi connectivity index (χ1) is 17.5. The van der Waals surface area contributed by atoms with Crippen LogP contribution < -0.4 is 20.7 Å². The van der Waals surface area contributed by atoms with Gasteiger partial charge in [-0.3, -0.25) is 14.4 Å². The number of hydrogen-bond acceptors (Lipinski definition) is 5. The van der Waals surface area contributed by atoms with Crippen molar-refractivity contribution in [1.29, 1.82) is 0 Å². The number of primary amides is 1. The number of anilines is 1. The third-order valence-corrected chi connectivity index (χ3v) is 6.11. The Kier molecular flexibility index (Phi) is 8.18. The lowest BCUT2D eigenvalue weighted by Crippen LogP contribution is -2.49. The molecule has 3 amide bonds. The zero-order chi connectivity index (χ0) is 25.3. The summed E-state index contributed by atoms with van der Waals surface area (Å²) in [5.74, 6) is -0.385. The van der Waals surface area contributed by atoms with Crippen LogP contribution in [0.4, 0.5) is 5.69 Å². The number of para-hydroxylation sites is 2. The summed E-state index contributed by atoms with van der Waals surface area (Å²) in [6.45, 7) is 3.37. The lowest BCUT2D eigenvalue weighted by molar-refractivity contribution is -0.131. The monoisotopic (exact) mass is 486 g/mol. The van der Waals surface area contributed by atoms with Crippen LogP contribution in [-0.4, -0.2) is 55.3 Å². The maximum Gasteiger partial charge on any atom is 0.252 e. The van der Waals surface area contributed by atoms with Crippen LogP contribution in [0.1, 0.15) is 32.7 Å². The second-order valence-corrected chi connectivity index (χ2v) is 8.56. The summed E-state index contributed by atoms with van der Waals surface area (Å²) in [6, 6.07) is 24.0. The van der Waals surface area contributed by atoms with Crippen molar-refractivity contribution in [2.45, 2.75) is 13.0 Å². The predicted molar refractivity (Wildman–Crippen MR) is 138 cm³/mol. The van der Waals surface area contributed by atoms with E-state index in [-0.39, 0.29) is 31.4 Å². The molecule has 3 aromatic rings. The van der Waals surface area contributed by atoms with Gasteiger partial charge in [0.2, 0.25) is 5.91 Å². The lowest BCUT2D eigenvalue weighted by atomic mass is 10.1. The van der Waals surface area contributed by atoms with Crippen molar-refractivity contribution in [1.82, 2.24) is 10.2 Å². The molecular weight excluding hydrogens is 456 g/mol. The molecule has 8 heteroatoms. The number of hydrogen-bond donors (Lipinski definition) is 2. The van der Waals surface area contributed by atoms with Gasteiger partial charge in [0.1, 0.15) is 12.4 Å². The van der Waals surface area contributed by atoms with Gasteiger partial charge >= 0.3 is 0 Å². The molecule has 0 spiro atoms. The maximum absolute atomic E-state index is 12.6. The zero-order valence-corrected chi connectivity index (χ0v) is 20.1. The molecule has 0 atom stereocenters. The van der Waals surface area contributed by atoms with Crippen LogP contribution in [-0.2, 0) is 11.4 Å². The van der Waals surface area contributed by atoms with Gasteiger partial charge in [0.25, 0.3) is 11.8 Å². The fraction of sp³-hybridized carbons (Fsp3) is 0.250. The highest BCUT2D eigenvalue weighted by atomic mass is 16.5. The van der Waals surface area contributed by atoms with Gasteiger partial charge in [-0.05, 0) is 42.0 Å². The SMILES string of the molecule is NC(=O)c1ccccc1OCc1cccc(C(=O)NCCC(=O)N2CCN(c3ccccc3)CC2)c1. The standard InChI is InChI=1S/C28H30N4O4/c29-27(34)24-11-4-5-12-25(24)36-20-21-7-6-8-22(19-21)28(35)30-14-13-26(33)32-17-15-31(16-18-32)23-9-2-1-3-10-23/h1-12,19H,13-18,20H2,(H2,29,34)(H,30,35). The summed E-state index contributed by atoms with van der Waals surface area (Å²) in [5.41, 5.74) is 8.11. The summed E-state index contributed by atoms with van der Waals surface area (Å²) in [4.78, 5) is 40.9. The van der Waals surface area contributed by atoms with Gasteiger partial charge in [0, 0.05) is 50.4 Å². The first-order valence-electron chi connectivity index (χ1n) is 12.0. The molecule has 0 saturated carbocycles. The minimum absolute atomic E-state index is 0.0401. The van der Waals surface area contributed by atoms with Crippen molar-refractivity contribution in [2.75, 3.05) is 37.6 Å². The van der Waals surface area contributed by atoms with Gasteiger partial charge in [0.15, 0.2) is 0 Å². The number of piperazine rings is 1. The van der Waals surface area contributed by atoms with Crippen molar-refractivity contribution in [3.63, 3.8) is 0 Å². The number of nitrogens with two attached hydrogens (primary N) is 1. The second-order valence-electron chi connectivity index (χ2n) is 8.56. The van der Waals surface area contributed by atoms with Gasteiger partial charge in [-0.1, -0.05) is 42.5 Å². The number of nitrogens with zero attached hydrogens (tertiary/aromatic N) is 2. The van der Waals surface area contributed by atoms with Crippen molar-refractivity contribution in [3.05, 3.63) is 95.6 Å². The Balaban J connectivity index is 1.22. The van der Waals surface area contributed by atoms with E-state index in [0.29, 0.717) is 30.0 Å². The van der Waals surface area contributed by atoms with Crippen LogP contribution in [0.25, 0.3) is 0 Å². The van der Waals surface area contributed by atoms with Crippen LogP contribution >= 0.6 is 0 Å². The van der Waals surface area contributed by atoms with Crippen LogP contribution in [0.3, 0.4) is 0 Å². The minimum atomic E-state index is -0.564. The number of amides is 3. The lowest BCUT2D eigenvalue weighted by Gasteiger charge is -2.36. The van der Waals surface area contributed by atoms with Crippen LogP contribution in [0, 0.1) is 0 Å². The largest absolute Gasteiger partial charge is 0.488 e. The smallest absolute Gasteiger partial charge is 0.252 e. The van der Waals surface area contributed by atoms with Crippen LogP contribution in [0.5, 0.6) is 5.75 Å². The molecule has 1 saturated heterocycles. The molecule has 1 heterocycles. The molecule has 4 rings (SSSR count). The van der Waals surface area contributed by atoms with E-state index in [4.69, 9.17) is 10.5 Å². The predicted octanol–water partition coefficient (Wildman–Crippen LogP) is 2.83. The molecule has 3 N–H and O–H groups in total. The molecule has 3 aromatic carbocycles. The van der Waals surface area contributed by atoms with Gasteiger partial charge in [0.05, 0.1) is 5.56 Å². The Morgan fingerprint density at radius 2 is 1.58 bits per heavy atom. The van der Waals surface area contributed by atoms with Crippen LogP contribution in [0.2, 0.25) is 0 Å². The Hall–Kier alpha value is -4.33. The molecule has 0 unspecified atom stereocenters.